The van der Waals surface area contributed by atoms with Gasteiger partial charge in [-0.15, -0.1) is 0 Å². The summed E-state index contributed by atoms with van der Waals surface area (Å²) in [4.78, 5) is 41.1. The molecule has 5 aromatic rings. The van der Waals surface area contributed by atoms with Crippen molar-refractivity contribution in [1.29, 1.82) is 0 Å². The Balaban J connectivity index is 1.33. The number of fused-ring (bicyclic) bond motifs is 3. The van der Waals surface area contributed by atoms with E-state index in [1.807, 2.05) is 36.4 Å². The Hall–Kier alpha value is -6.08. The minimum absolute atomic E-state index is 0.149. The number of aromatic nitrogens is 1. The number of nitrogens with zero attached hydrogens (tertiary/aromatic N) is 4. The van der Waals surface area contributed by atoms with Gasteiger partial charge in [-0.25, -0.2) is 4.99 Å². The molecule has 13 heteroatoms. The minimum Gasteiger partial charge on any atom is -0.496 e. The first kappa shape index (κ1) is 30.6. The lowest BCUT2D eigenvalue weighted by Crippen LogP contribution is -2.39. The number of aryl methyl sites for hydroxylation is 1. The average Bonchev–Trinajstić information content (AvgIpc) is 3.41. The summed E-state index contributed by atoms with van der Waals surface area (Å²) in [5.41, 5.74) is 4.49. The van der Waals surface area contributed by atoms with Gasteiger partial charge in [0.1, 0.15) is 5.75 Å². The standard InChI is InChI=1S/C35H26N4O8S/c1-45-27-10-6-5-9-24(27)33-25-14-12-21-7-3-4-8-23(21)32(25)36-35-37(33)34(40)31(48-35)18-20-11-15-29(30(17-20)46-2)47-28-16-13-22(38(41)42)19-26(28)39(43)44/h3-11,13,15-19,33H,12,14H2,1-2H3/b31-18-/t33-/m1/s1. The molecule has 0 fully saturated rings. The van der Waals surface area contributed by atoms with Crippen LogP contribution in [0.15, 0.2) is 100 Å². The van der Waals surface area contributed by atoms with Crippen molar-refractivity contribution in [2.75, 3.05) is 14.2 Å². The number of para-hydroxylation sites is 1. The fraction of sp³-hybridized carbons (Fsp3) is 0.143. The first-order valence-electron chi connectivity index (χ1n) is 14.8. The molecule has 0 N–H and O–H groups in total. The van der Waals surface area contributed by atoms with Crippen LogP contribution in [0.1, 0.15) is 34.7 Å². The van der Waals surface area contributed by atoms with E-state index >= 15 is 0 Å². The number of methoxy groups -OCH3 is 2. The lowest BCUT2D eigenvalue weighted by Gasteiger charge is -2.31. The van der Waals surface area contributed by atoms with Gasteiger partial charge in [-0.05, 0) is 59.9 Å². The predicted octanol–water partition coefficient (Wildman–Crippen LogP) is 5.94. The van der Waals surface area contributed by atoms with Crippen LogP contribution in [0.2, 0.25) is 0 Å². The highest BCUT2D eigenvalue weighted by atomic mass is 32.1. The molecule has 2 aliphatic rings. The molecule has 0 saturated carbocycles. The van der Waals surface area contributed by atoms with Crippen LogP contribution in [-0.4, -0.2) is 28.6 Å². The Labute approximate surface area is 276 Å². The van der Waals surface area contributed by atoms with Crippen molar-refractivity contribution in [2.24, 2.45) is 4.99 Å². The summed E-state index contributed by atoms with van der Waals surface area (Å²) in [6.45, 7) is 0. The van der Waals surface area contributed by atoms with Gasteiger partial charge >= 0.3 is 5.69 Å². The number of nitro groups is 2. The Morgan fingerprint density at radius 1 is 0.854 bits per heavy atom. The molecule has 0 bridgehead atoms. The zero-order valence-electron chi connectivity index (χ0n) is 25.6. The SMILES string of the molecule is COc1cc(/C=c2\sc3n(c2=O)[C@H](c2ccccc2OC)C2=C(N=3)c3ccccc3CC2)ccc1Oc1ccc([N+](=O)[O-])cc1[N+](=O)[O-]. The number of benzene rings is 4. The molecule has 48 heavy (non-hydrogen) atoms. The number of rotatable bonds is 8. The van der Waals surface area contributed by atoms with Crippen LogP contribution in [-0.2, 0) is 6.42 Å². The van der Waals surface area contributed by atoms with Crippen LogP contribution in [0.5, 0.6) is 23.0 Å². The number of allylic oxidation sites excluding steroid dienone is 1. The Bertz CT molecular complexity index is 2360. The van der Waals surface area contributed by atoms with Crippen LogP contribution in [0.25, 0.3) is 11.8 Å². The van der Waals surface area contributed by atoms with Gasteiger partial charge in [-0.3, -0.25) is 29.6 Å². The van der Waals surface area contributed by atoms with Crippen LogP contribution < -0.4 is 29.1 Å². The third-order valence-electron chi connectivity index (χ3n) is 8.36. The van der Waals surface area contributed by atoms with Crippen molar-refractivity contribution in [3.05, 3.63) is 153 Å². The Kier molecular flexibility index (Phi) is 7.81. The van der Waals surface area contributed by atoms with Crippen LogP contribution in [0.3, 0.4) is 0 Å². The molecule has 0 unspecified atom stereocenters. The fourth-order valence-electron chi connectivity index (χ4n) is 6.17. The van der Waals surface area contributed by atoms with E-state index < -0.39 is 27.3 Å². The van der Waals surface area contributed by atoms with Gasteiger partial charge in [0.2, 0.25) is 5.75 Å². The van der Waals surface area contributed by atoms with Crippen molar-refractivity contribution in [2.45, 2.75) is 18.9 Å². The van der Waals surface area contributed by atoms with Crippen molar-refractivity contribution in [3.8, 4) is 23.0 Å². The average molecular weight is 663 g/mol. The van der Waals surface area contributed by atoms with E-state index in [9.17, 15) is 25.0 Å². The van der Waals surface area contributed by atoms with E-state index in [1.165, 1.54) is 30.1 Å². The molecule has 0 spiro atoms. The molecular weight excluding hydrogens is 636 g/mol. The van der Waals surface area contributed by atoms with E-state index in [-0.39, 0.29) is 22.8 Å². The molecule has 4 aromatic carbocycles. The highest BCUT2D eigenvalue weighted by Gasteiger charge is 2.34. The first-order chi connectivity index (χ1) is 23.3. The molecule has 7 rings (SSSR count). The van der Waals surface area contributed by atoms with Gasteiger partial charge in [0.25, 0.3) is 11.2 Å². The summed E-state index contributed by atoms with van der Waals surface area (Å²) in [6.07, 6.45) is 3.31. The summed E-state index contributed by atoms with van der Waals surface area (Å²) in [5.74, 6) is 0.879. The summed E-state index contributed by atoms with van der Waals surface area (Å²) in [7, 11) is 3.04. The molecule has 0 saturated heterocycles. The van der Waals surface area contributed by atoms with Crippen molar-refractivity contribution in [1.82, 2.24) is 4.57 Å². The molecule has 1 atom stereocenters. The van der Waals surface area contributed by atoms with Crippen LogP contribution >= 0.6 is 11.3 Å². The first-order valence-corrected chi connectivity index (χ1v) is 15.6. The van der Waals surface area contributed by atoms with Gasteiger partial charge in [0.05, 0.1) is 46.4 Å². The topological polar surface area (TPSA) is 148 Å². The molecular formula is C35H26N4O8S. The normalized spacial score (nSPS) is 15.1. The number of thiazole rings is 1. The second-order valence-corrected chi connectivity index (χ2v) is 12.0. The maximum atomic E-state index is 14.2. The van der Waals surface area contributed by atoms with Crippen molar-refractivity contribution in [3.63, 3.8) is 0 Å². The van der Waals surface area contributed by atoms with Crippen molar-refractivity contribution >= 4 is 34.5 Å². The highest BCUT2D eigenvalue weighted by molar-refractivity contribution is 7.07. The van der Waals surface area contributed by atoms with E-state index in [1.54, 1.807) is 36.0 Å². The third-order valence-corrected chi connectivity index (χ3v) is 9.34. The number of non-ortho nitro benzene ring substituents is 1. The fourth-order valence-corrected chi connectivity index (χ4v) is 7.17. The maximum Gasteiger partial charge on any atom is 0.318 e. The van der Waals surface area contributed by atoms with Crippen molar-refractivity contribution < 1.29 is 24.1 Å². The maximum absolute atomic E-state index is 14.2. The summed E-state index contributed by atoms with van der Waals surface area (Å²) >= 11 is 1.28. The second kappa shape index (κ2) is 12.3. The molecule has 240 valence electrons. The lowest BCUT2D eigenvalue weighted by molar-refractivity contribution is -0.394. The van der Waals surface area contributed by atoms with Gasteiger partial charge in [-0.1, -0.05) is 59.9 Å². The van der Waals surface area contributed by atoms with Gasteiger partial charge in [0.15, 0.2) is 16.3 Å². The molecule has 1 aromatic heterocycles. The summed E-state index contributed by atoms with van der Waals surface area (Å²) < 4.78 is 19.3. The minimum atomic E-state index is -0.752. The van der Waals surface area contributed by atoms with Crippen LogP contribution in [0, 0.1) is 20.2 Å². The quantitative estimate of drug-likeness (QED) is 0.146. The van der Waals surface area contributed by atoms with E-state index in [0.717, 1.165) is 47.4 Å². The smallest absolute Gasteiger partial charge is 0.318 e. The zero-order valence-corrected chi connectivity index (χ0v) is 26.4. The molecule has 0 amide bonds. The largest absolute Gasteiger partial charge is 0.496 e. The van der Waals surface area contributed by atoms with E-state index in [2.05, 4.69) is 12.1 Å². The number of nitro benzene ring substituents is 2. The molecule has 2 heterocycles. The number of ether oxygens (including phenoxy) is 3. The van der Waals surface area contributed by atoms with Gasteiger partial charge in [0, 0.05) is 17.2 Å². The molecule has 12 nitrogen and oxygen atoms in total. The Morgan fingerprint density at radius 3 is 2.38 bits per heavy atom. The molecule has 1 aliphatic carbocycles. The zero-order chi connectivity index (χ0) is 33.5. The number of hydrogen-bond donors (Lipinski definition) is 0. The summed E-state index contributed by atoms with van der Waals surface area (Å²) in [6, 6.07) is 23.5. The van der Waals surface area contributed by atoms with Gasteiger partial charge < -0.3 is 14.2 Å². The lowest BCUT2D eigenvalue weighted by atomic mass is 9.83. The summed E-state index contributed by atoms with van der Waals surface area (Å²) in [5, 5.41) is 22.8. The number of hydrogen-bond acceptors (Lipinski definition) is 10. The van der Waals surface area contributed by atoms with Gasteiger partial charge in [-0.2, -0.15) is 0 Å². The van der Waals surface area contributed by atoms with Crippen LogP contribution in [0.4, 0.5) is 11.4 Å². The predicted molar refractivity (Wildman–Crippen MR) is 179 cm³/mol. The monoisotopic (exact) mass is 662 g/mol. The molecule has 1 aliphatic heterocycles. The van der Waals surface area contributed by atoms with E-state index in [0.29, 0.717) is 20.6 Å². The Morgan fingerprint density at radius 2 is 1.60 bits per heavy atom. The second-order valence-electron chi connectivity index (χ2n) is 11.0. The third kappa shape index (κ3) is 5.29. The highest BCUT2D eigenvalue weighted by Crippen LogP contribution is 2.43. The van der Waals surface area contributed by atoms with E-state index in [4.69, 9.17) is 19.2 Å². The molecule has 0 radical (unpaired) electrons.